The van der Waals surface area contributed by atoms with E-state index in [1.807, 2.05) is 0 Å². The molecule has 0 saturated carbocycles. The number of carbonyl (C=O) groups excluding carboxylic acids is 1. The van der Waals surface area contributed by atoms with E-state index in [4.69, 9.17) is 9.84 Å². The Kier molecular flexibility index (Phi) is 4.00. The maximum atomic E-state index is 11.9. The van der Waals surface area contributed by atoms with Crippen molar-refractivity contribution in [2.45, 2.75) is 0 Å². The molecule has 1 amide bonds. The first-order chi connectivity index (χ1) is 9.63. The zero-order chi connectivity index (χ0) is 14.5. The molecule has 5 heteroatoms. The van der Waals surface area contributed by atoms with Crippen molar-refractivity contribution in [2.24, 2.45) is 0 Å². The summed E-state index contributed by atoms with van der Waals surface area (Å²) in [6.07, 6.45) is 0. The van der Waals surface area contributed by atoms with Gasteiger partial charge in [0.25, 0.3) is 0 Å². The van der Waals surface area contributed by atoms with E-state index in [-0.39, 0.29) is 0 Å². The Morgan fingerprint density at radius 1 is 0.950 bits per heavy atom. The monoisotopic (exact) mass is 271 g/mol. The summed E-state index contributed by atoms with van der Waals surface area (Å²) in [7, 11) is 1.53. The molecular weight excluding hydrogens is 258 g/mol. The van der Waals surface area contributed by atoms with Crippen molar-refractivity contribution < 1.29 is 19.4 Å². The van der Waals surface area contributed by atoms with Crippen LogP contribution in [0.4, 0.5) is 11.4 Å². The molecule has 0 atom stereocenters. The van der Waals surface area contributed by atoms with Gasteiger partial charge in [0.15, 0.2) is 0 Å². The van der Waals surface area contributed by atoms with Gasteiger partial charge in [0, 0.05) is 11.4 Å². The third-order valence-corrected chi connectivity index (χ3v) is 2.73. The zero-order valence-corrected chi connectivity index (χ0v) is 10.8. The van der Waals surface area contributed by atoms with Crippen molar-refractivity contribution in [2.75, 3.05) is 12.0 Å². The number of nitrogens with zero attached hydrogens (tertiary/aromatic N) is 1. The minimum Gasteiger partial charge on any atom is -0.497 e. The highest BCUT2D eigenvalue weighted by molar-refractivity contribution is 6.39. The van der Waals surface area contributed by atoms with Crippen molar-refractivity contribution >= 4 is 23.3 Å². The maximum absolute atomic E-state index is 11.9. The fourth-order valence-corrected chi connectivity index (χ4v) is 1.79. The summed E-state index contributed by atoms with van der Waals surface area (Å²) >= 11 is 0. The van der Waals surface area contributed by atoms with Gasteiger partial charge in [0.05, 0.1) is 7.11 Å². The number of ether oxygens (including phenoxy) is 1. The van der Waals surface area contributed by atoms with Gasteiger partial charge in [0.1, 0.15) is 5.75 Å². The molecule has 20 heavy (non-hydrogen) atoms. The number of para-hydroxylation sites is 1. The molecular formula is C15H13NO4. The van der Waals surface area contributed by atoms with Crippen LogP contribution in [0.1, 0.15) is 0 Å². The molecule has 5 nitrogen and oxygen atoms in total. The number of carboxylic acid groups (broad SMARTS) is 1. The minimum atomic E-state index is -1.51. The SMILES string of the molecule is COc1ccc(N(C(=O)C(=O)O)c2ccccc2)cc1. The Hall–Kier alpha value is -2.82. The number of hydrogen-bond acceptors (Lipinski definition) is 3. The standard InChI is InChI=1S/C15H13NO4/c1-20-13-9-7-12(8-10-13)16(14(17)15(18)19)11-5-3-2-4-6-11/h2-10H,1H3,(H,18,19). The van der Waals surface area contributed by atoms with Crippen LogP contribution in [0, 0.1) is 0 Å². The van der Waals surface area contributed by atoms with Crippen LogP contribution in [0.15, 0.2) is 54.6 Å². The van der Waals surface area contributed by atoms with Gasteiger partial charge < -0.3 is 9.84 Å². The number of anilines is 2. The van der Waals surface area contributed by atoms with Crippen LogP contribution in [0.25, 0.3) is 0 Å². The maximum Gasteiger partial charge on any atom is 0.395 e. The molecule has 2 aromatic carbocycles. The third-order valence-electron chi connectivity index (χ3n) is 2.73. The first-order valence-electron chi connectivity index (χ1n) is 5.90. The van der Waals surface area contributed by atoms with E-state index in [0.717, 1.165) is 4.90 Å². The van der Waals surface area contributed by atoms with E-state index < -0.39 is 11.9 Å². The summed E-state index contributed by atoms with van der Waals surface area (Å²) in [6, 6.07) is 15.2. The number of carbonyl (C=O) groups is 2. The lowest BCUT2D eigenvalue weighted by molar-refractivity contribution is -0.148. The molecule has 2 rings (SSSR count). The number of aliphatic carboxylic acids is 1. The molecule has 0 spiro atoms. The third kappa shape index (κ3) is 2.77. The Morgan fingerprint density at radius 3 is 2.00 bits per heavy atom. The van der Waals surface area contributed by atoms with Gasteiger partial charge in [-0.1, -0.05) is 18.2 Å². The van der Waals surface area contributed by atoms with Gasteiger partial charge >= 0.3 is 11.9 Å². The predicted molar refractivity (Wildman–Crippen MR) is 74.2 cm³/mol. The van der Waals surface area contributed by atoms with Gasteiger partial charge in [-0.2, -0.15) is 0 Å². The van der Waals surface area contributed by atoms with Crippen molar-refractivity contribution in [3.05, 3.63) is 54.6 Å². The number of carboxylic acids is 1. The lowest BCUT2D eigenvalue weighted by atomic mass is 10.2. The number of rotatable bonds is 3. The van der Waals surface area contributed by atoms with Crippen molar-refractivity contribution in [1.29, 1.82) is 0 Å². The highest BCUT2D eigenvalue weighted by Gasteiger charge is 2.24. The van der Waals surface area contributed by atoms with Crippen LogP contribution in [-0.2, 0) is 9.59 Å². The lowest BCUT2D eigenvalue weighted by Gasteiger charge is -2.21. The van der Waals surface area contributed by atoms with Gasteiger partial charge in [0.2, 0.25) is 0 Å². The Balaban J connectivity index is 2.45. The Labute approximate surface area is 116 Å². The predicted octanol–water partition coefficient (Wildman–Crippen LogP) is 2.44. The minimum absolute atomic E-state index is 0.462. The van der Waals surface area contributed by atoms with Crippen LogP contribution in [0.5, 0.6) is 5.75 Å². The fourth-order valence-electron chi connectivity index (χ4n) is 1.79. The molecule has 0 aliphatic rings. The average molecular weight is 271 g/mol. The number of benzene rings is 2. The van der Waals surface area contributed by atoms with Crippen LogP contribution in [0.3, 0.4) is 0 Å². The first kappa shape index (κ1) is 13.6. The van der Waals surface area contributed by atoms with Gasteiger partial charge in [-0.05, 0) is 36.4 Å². The zero-order valence-electron chi connectivity index (χ0n) is 10.8. The van der Waals surface area contributed by atoms with E-state index in [1.54, 1.807) is 54.6 Å². The van der Waals surface area contributed by atoms with E-state index >= 15 is 0 Å². The number of methoxy groups -OCH3 is 1. The summed E-state index contributed by atoms with van der Waals surface area (Å²) in [5.41, 5.74) is 0.953. The fraction of sp³-hybridized carbons (Fsp3) is 0.0667. The second-order valence-electron chi connectivity index (χ2n) is 3.98. The van der Waals surface area contributed by atoms with Crippen LogP contribution < -0.4 is 9.64 Å². The van der Waals surface area contributed by atoms with Crippen molar-refractivity contribution in [3.63, 3.8) is 0 Å². The summed E-state index contributed by atoms with van der Waals surface area (Å²) in [4.78, 5) is 24.0. The van der Waals surface area contributed by atoms with Crippen LogP contribution in [-0.4, -0.2) is 24.1 Å². The molecule has 0 saturated heterocycles. The molecule has 2 aromatic rings. The molecule has 0 aromatic heterocycles. The normalized spacial score (nSPS) is 9.85. The average Bonchev–Trinajstić information content (AvgIpc) is 2.49. The highest BCUT2D eigenvalue weighted by atomic mass is 16.5. The summed E-state index contributed by atoms with van der Waals surface area (Å²) in [6.45, 7) is 0. The van der Waals surface area contributed by atoms with Crippen molar-refractivity contribution in [1.82, 2.24) is 0 Å². The van der Waals surface area contributed by atoms with E-state index in [0.29, 0.717) is 17.1 Å². The molecule has 0 aliphatic carbocycles. The largest absolute Gasteiger partial charge is 0.497 e. The van der Waals surface area contributed by atoms with Gasteiger partial charge in [-0.25, -0.2) is 4.79 Å². The Morgan fingerprint density at radius 2 is 1.50 bits per heavy atom. The molecule has 0 radical (unpaired) electrons. The summed E-state index contributed by atoms with van der Waals surface area (Å²) < 4.78 is 5.04. The van der Waals surface area contributed by atoms with Crippen LogP contribution >= 0.6 is 0 Å². The van der Waals surface area contributed by atoms with E-state index in [1.165, 1.54) is 7.11 Å². The van der Waals surface area contributed by atoms with Gasteiger partial charge in [-0.3, -0.25) is 9.69 Å². The summed E-state index contributed by atoms with van der Waals surface area (Å²) in [5.74, 6) is -1.89. The molecule has 1 N–H and O–H groups in total. The molecule has 0 bridgehead atoms. The first-order valence-corrected chi connectivity index (χ1v) is 5.90. The highest BCUT2D eigenvalue weighted by Crippen LogP contribution is 2.27. The Bertz CT molecular complexity index is 608. The summed E-state index contributed by atoms with van der Waals surface area (Å²) in [5, 5.41) is 8.96. The second kappa shape index (κ2) is 5.88. The van der Waals surface area contributed by atoms with E-state index in [9.17, 15) is 9.59 Å². The number of amides is 1. The quantitative estimate of drug-likeness (QED) is 0.871. The lowest BCUT2D eigenvalue weighted by Crippen LogP contribution is -2.32. The molecule has 0 heterocycles. The topological polar surface area (TPSA) is 66.8 Å². The smallest absolute Gasteiger partial charge is 0.395 e. The molecule has 0 aliphatic heterocycles. The molecule has 0 fully saturated rings. The molecule has 0 unspecified atom stereocenters. The number of hydrogen-bond donors (Lipinski definition) is 1. The van der Waals surface area contributed by atoms with Gasteiger partial charge in [-0.15, -0.1) is 0 Å². The van der Waals surface area contributed by atoms with Crippen molar-refractivity contribution in [3.8, 4) is 5.75 Å². The van der Waals surface area contributed by atoms with E-state index in [2.05, 4.69) is 0 Å². The molecule has 102 valence electrons. The van der Waals surface area contributed by atoms with Crippen LogP contribution in [0.2, 0.25) is 0 Å². The second-order valence-corrected chi connectivity index (χ2v) is 3.98.